The molecule has 0 bridgehead atoms. The molecule has 23 heavy (non-hydrogen) atoms. The fraction of sp³-hybridized carbons (Fsp3) is 0.562. The van der Waals surface area contributed by atoms with E-state index in [0.29, 0.717) is 35.4 Å². The summed E-state index contributed by atoms with van der Waals surface area (Å²) in [6.07, 6.45) is 3.35. The Morgan fingerprint density at radius 3 is 2.65 bits per heavy atom. The molecule has 6 nitrogen and oxygen atoms in total. The van der Waals surface area contributed by atoms with E-state index >= 15 is 0 Å². The molecule has 0 unspecified atom stereocenters. The summed E-state index contributed by atoms with van der Waals surface area (Å²) in [6, 6.07) is 2.91. The Balaban J connectivity index is 1.74. The third kappa shape index (κ3) is 5.80. The fourth-order valence-electron chi connectivity index (χ4n) is 2.03. The van der Waals surface area contributed by atoms with Crippen molar-refractivity contribution < 1.29 is 19.0 Å². The van der Waals surface area contributed by atoms with Crippen molar-refractivity contribution in [3.8, 4) is 11.5 Å². The number of benzene rings is 1. The minimum Gasteiger partial charge on any atom is -0.495 e. The first-order valence-electron chi connectivity index (χ1n) is 7.68. The minimum atomic E-state index is -0.313. The van der Waals surface area contributed by atoms with Crippen molar-refractivity contribution in [1.29, 1.82) is 0 Å². The Kier molecular flexibility index (Phi) is 6.80. The molecule has 128 valence electrons. The number of methoxy groups -OCH3 is 2. The standard InChI is InChI=1S/C16H23ClN2O4/c1-21-14-9-15(22-2)13(8-12(14)17)19-16(20)18-6-3-7-23-10-11-4-5-11/h8-9,11H,3-7,10H2,1-2H3,(H2,18,19,20). The predicted octanol–water partition coefficient (Wildman–Crippen LogP) is 3.30. The van der Waals surface area contributed by atoms with E-state index < -0.39 is 0 Å². The van der Waals surface area contributed by atoms with Gasteiger partial charge >= 0.3 is 6.03 Å². The number of nitrogens with one attached hydrogen (secondary N) is 2. The molecular formula is C16H23ClN2O4. The molecule has 0 radical (unpaired) electrons. The van der Waals surface area contributed by atoms with E-state index in [4.69, 9.17) is 25.8 Å². The molecule has 0 heterocycles. The monoisotopic (exact) mass is 342 g/mol. The molecule has 0 aliphatic heterocycles. The molecule has 2 amide bonds. The van der Waals surface area contributed by atoms with Gasteiger partial charge in [-0.25, -0.2) is 4.79 Å². The number of ether oxygens (including phenoxy) is 3. The number of halogens is 1. The topological polar surface area (TPSA) is 68.8 Å². The Hall–Kier alpha value is -1.66. The van der Waals surface area contributed by atoms with E-state index in [1.165, 1.54) is 27.1 Å². The van der Waals surface area contributed by atoms with E-state index in [-0.39, 0.29) is 6.03 Å². The highest BCUT2D eigenvalue weighted by molar-refractivity contribution is 6.32. The summed E-state index contributed by atoms with van der Waals surface area (Å²) in [5, 5.41) is 5.89. The minimum absolute atomic E-state index is 0.313. The largest absolute Gasteiger partial charge is 0.495 e. The number of hydrogen-bond donors (Lipinski definition) is 2. The van der Waals surface area contributed by atoms with Gasteiger partial charge in [0.1, 0.15) is 11.5 Å². The maximum atomic E-state index is 11.9. The van der Waals surface area contributed by atoms with Crippen LogP contribution in [0.1, 0.15) is 19.3 Å². The van der Waals surface area contributed by atoms with Gasteiger partial charge in [0.25, 0.3) is 0 Å². The Morgan fingerprint density at radius 1 is 1.26 bits per heavy atom. The van der Waals surface area contributed by atoms with Crippen molar-refractivity contribution in [3.63, 3.8) is 0 Å². The quantitative estimate of drug-likeness (QED) is 0.676. The average molecular weight is 343 g/mol. The number of amides is 2. The predicted molar refractivity (Wildman–Crippen MR) is 89.7 cm³/mol. The summed E-state index contributed by atoms with van der Waals surface area (Å²) in [5.41, 5.74) is 0.487. The molecule has 1 aromatic rings. The lowest BCUT2D eigenvalue weighted by atomic mass is 10.2. The van der Waals surface area contributed by atoms with Crippen LogP contribution in [0.4, 0.5) is 10.5 Å². The van der Waals surface area contributed by atoms with Gasteiger partial charge < -0.3 is 24.8 Å². The van der Waals surface area contributed by atoms with Crippen LogP contribution in [-0.4, -0.2) is 40.0 Å². The van der Waals surface area contributed by atoms with Crippen LogP contribution in [0.2, 0.25) is 5.02 Å². The molecule has 1 aliphatic carbocycles. The molecule has 1 saturated carbocycles. The second-order valence-electron chi connectivity index (χ2n) is 5.44. The van der Waals surface area contributed by atoms with Crippen LogP contribution in [0.15, 0.2) is 12.1 Å². The summed E-state index contributed by atoms with van der Waals surface area (Å²) in [7, 11) is 3.04. The summed E-state index contributed by atoms with van der Waals surface area (Å²) < 4.78 is 15.9. The summed E-state index contributed by atoms with van der Waals surface area (Å²) in [4.78, 5) is 11.9. The first kappa shape index (κ1) is 17.7. The second-order valence-corrected chi connectivity index (χ2v) is 5.85. The highest BCUT2D eigenvalue weighted by Crippen LogP contribution is 2.35. The van der Waals surface area contributed by atoms with Gasteiger partial charge in [0.15, 0.2) is 0 Å². The number of carbonyl (C=O) groups excluding carboxylic acids is 1. The van der Waals surface area contributed by atoms with E-state index in [1.54, 1.807) is 12.1 Å². The summed E-state index contributed by atoms with van der Waals surface area (Å²) >= 11 is 6.07. The SMILES string of the molecule is COc1cc(OC)c(NC(=O)NCCCOCC2CC2)cc1Cl. The van der Waals surface area contributed by atoms with E-state index in [2.05, 4.69) is 10.6 Å². The molecular weight excluding hydrogens is 320 g/mol. The lowest BCUT2D eigenvalue weighted by Gasteiger charge is -2.13. The van der Waals surface area contributed by atoms with Crippen LogP contribution in [0, 0.1) is 5.92 Å². The molecule has 2 N–H and O–H groups in total. The third-order valence-corrected chi connectivity index (χ3v) is 3.82. The summed E-state index contributed by atoms with van der Waals surface area (Å²) in [5.74, 6) is 1.73. The zero-order valence-corrected chi connectivity index (χ0v) is 14.2. The van der Waals surface area contributed by atoms with Gasteiger partial charge in [-0.2, -0.15) is 0 Å². The molecule has 1 aliphatic rings. The maximum Gasteiger partial charge on any atom is 0.319 e. The average Bonchev–Trinajstić information content (AvgIpc) is 3.35. The van der Waals surface area contributed by atoms with E-state index in [0.717, 1.165) is 18.9 Å². The number of rotatable bonds is 9. The van der Waals surface area contributed by atoms with Crippen molar-refractivity contribution in [2.75, 3.05) is 39.3 Å². The molecule has 7 heteroatoms. The van der Waals surface area contributed by atoms with Gasteiger partial charge in [0.05, 0.1) is 24.9 Å². The number of carbonyl (C=O) groups is 1. The molecule has 0 saturated heterocycles. The number of urea groups is 1. The van der Waals surface area contributed by atoms with E-state index in [1.807, 2.05) is 0 Å². The smallest absolute Gasteiger partial charge is 0.319 e. The Morgan fingerprint density at radius 2 is 2.00 bits per heavy atom. The number of hydrogen-bond acceptors (Lipinski definition) is 4. The van der Waals surface area contributed by atoms with Crippen LogP contribution < -0.4 is 20.1 Å². The molecule has 1 fully saturated rings. The third-order valence-electron chi connectivity index (χ3n) is 3.52. The zero-order chi connectivity index (χ0) is 16.7. The van der Waals surface area contributed by atoms with Crippen molar-refractivity contribution in [2.45, 2.75) is 19.3 Å². The van der Waals surface area contributed by atoms with Crippen LogP contribution in [-0.2, 0) is 4.74 Å². The van der Waals surface area contributed by atoms with Gasteiger partial charge in [0, 0.05) is 25.8 Å². The molecule has 0 spiro atoms. The Labute approximate surface area is 141 Å². The van der Waals surface area contributed by atoms with Crippen LogP contribution in [0.25, 0.3) is 0 Å². The Bertz CT molecular complexity index is 535. The summed E-state index contributed by atoms with van der Waals surface area (Å²) in [6.45, 7) is 2.05. The highest BCUT2D eigenvalue weighted by Gasteiger charge is 2.20. The number of anilines is 1. The first-order chi connectivity index (χ1) is 11.1. The highest BCUT2D eigenvalue weighted by atomic mass is 35.5. The van der Waals surface area contributed by atoms with Gasteiger partial charge in [-0.15, -0.1) is 0 Å². The normalized spacial score (nSPS) is 13.5. The van der Waals surface area contributed by atoms with Gasteiger partial charge in [-0.3, -0.25) is 0 Å². The van der Waals surface area contributed by atoms with Gasteiger partial charge in [-0.05, 0) is 31.2 Å². The van der Waals surface area contributed by atoms with Crippen molar-refractivity contribution >= 4 is 23.3 Å². The lowest BCUT2D eigenvalue weighted by molar-refractivity contribution is 0.122. The van der Waals surface area contributed by atoms with Crippen molar-refractivity contribution in [1.82, 2.24) is 5.32 Å². The van der Waals surface area contributed by atoms with Gasteiger partial charge in [0.2, 0.25) is 0 Å². The van der Waals surface area contributed by atoms with Crippen molar-refractivity contribution in [2.24, 2.45) is 5.92 Å². The molecule has 0 atom stereocenters. The van der Waals surface area contributed by atoms with Crippen LogP contribution >= 0.6 is 11.6 Å². The molecule has 0 aromatic heterocycles. The van der Waals surface area contributed by atoms with Crippen molar-refractivity contribution in [3.05, 3.63) is 17.2 Å². The van der Waals surface area contributed by atoms with Crippen LogP contribution in [0.5, 0.6) is 11.5 Å². The lowest BCUT2D eigenvalue weighted by Crippen LogP contribution is -2.30. The van der Waals surface area contributed by atoms with Crippen LogP contribution in [0.3, 0.4) is 0 Å². The molecule has 2 rings (SSSR count). The van der Waals surface area contributed by atoms with Gasteiger partial charge in [-0.1, -0.05) is 11.6 Å². The maximum absolute atomic E-state index is 11.9. The first-order valence-corrected chi connectivity index (χ1v) is 8.06. The molecule has 1 aromatic carbocycles. The van der Waals surface area contributed by atoms with E-state index in [9.17, 15) is 4.79 Å². The second kappa shape index (κ2) is 8.84. The fourth-order valence-corrected chi connectivity index (χ4v) is 2.28. The zero-order valence-electron chi connectivity index (χ0n) is 13.5.